The number of ether oxygens (including phenoxy) is 1. The first-order valence-corrected chi connectivity index (χ1v) is 13.8. The van der Waals surface area contributed by atoms with Crippen molar-refractivity contribution in [2.24, 2.45) is 5.92 Å². The number of thiophene rings is 1. The lowest BCUT2D eigenvalue weighted by atomic mass is 9.99. The van der Waals surface area contributed by atoms with Gasteiger partial charge >= 0.3 is 0 Å². The zero-order valence-corrected chi connectivity index (χ0v) is 22.8. The Balaban J connectivity index is 1.48. The molecule has 1 unspecified atom stereocenters. The Morgan fingerprint density at radius 3 is 2.24 bits per heavy atom. The first kappa shape index (κ1) is 26.0. The smallest absolute Gasteiger partial charge is 0.300 e. The summed E-state index contributed by atoms with van der Waals surface area (Å²) in [5.74, 6) is -0.446. The molecule has 2 fully saturated rings. The molecule has 1 amide bonds. The topological polar surface area (TPSA) is 73.3 Å². The molecule has 0 aliphatic carbocycles. The highest BCUT2D eigenvalue weighted by atomic mass is 32.1. The second kappa shape index (κ2) is 11.0. The van der Waals surface area contributed by atoms with E-state index in [9.17, 15) is 14.7 Å². The lowest BCUT2D eigenvalue weighted by Gasteiger charge is -2.34. The third-order valence-electron chi connectivity index (χ3n) is 6.96. The van der Waals surface area contributed by atoms with Crippen molar-refractivity contribution in [3.8, 4) is 5.75 Å². The monoisotopic (exact) mass is 531 g/mol. The van der Waals surface area contributed by atoms with E-state index in [2.05, 4.69) is 30.7 Å². The van der Waals surface area contributed by atoms with Gasteiger partial charge in [0.25, 0.3) is 11.7 Å². The Labute approximate surface area is 227 Å². The maximum atomic E-state index is 13.4. The molecular weight excluding hydrogens is 498 g/mol. The zero-order chi connectivity index (χ0) is 26.8. The van der Waals surface area contributed by atoms with E-state index in [1.54, 1.807) is 24.3 Å². The number of rotatable bonds is 7. The van der Waals surface area contributed by atoms with Crippen molar-refractivity contribution in [1.82, 2.24) is 4.90 Å². The number of Topliss-reactive ketones (excluding diaryl/α,β-unsaturated/α-hetero) is 1. The van der Waals surface area contributed by atoms with Crippen molar-refractivity contribution in [1.29, 1.82) is 0 Å². The highest BCUT2D eigenvalue weighted by molar-refractivity contribution is 7.10. The number of aliphatic hydroxyl groups is 1. The van der Waals surface area contributed by atoms with Gasteiger partial charge < -0.3 is 19.6 Å². The molecule has 38 heavy (non-hydrogen) atoms. The summed E-state index contributed by atoms with van der Waals surface area (Å²) in [4.78, 5) is 33.7. The number of carbonyl (C=O) groups excluding carboxylic acids is 2. The number of benzene rings is 2. The van der Waals surface area contributed by atoms with E-state index in [4.69, 9.17) is 4.74 Å². The minimum Gasteiger partial charge on any atom is -0.507 e. The summed E-state index contributed by atoms with van der Waals surface area (Å²) in [6, 6.07) is 17.8. The molecule has 8 heteroatoms. The highest BCUT2D eigenvalue weighted by Gasteiger charge is 2.47. The normalized spacial score (nSPS) is 19.9. The van der Waals surface area contributed by atoms with Crippen molar-refractivity contribution >= 4 is 40.2 Å². The first-order valence-electron chi connectivity index (χ1n) is 12.9. The number of anilines is 2. The second-order valence-electron chi connectivity index (χ2n) is 10.2. The fourth-order valence-corrected chi connectivity index (χ4v) is 5.65. The molecule has 2 saturated heterocycles. The summed E-state index contributed by atoms with van der Waals surface area (Å²) in [5, 5.41) is 13.2. The summed E-state index contributed by atoms with van der Waals surface area (Å²) < 4.78 is 5.75. The van der Waals surface area contributed by atoms with Crippen molar-refractivity contribution in [3.63, 3.8) is 0 Å². The number of piperazine rings is 1. The van der Waals surface area contributed by atoms with Crippen molar-refractivity contribution < 1.29 is 19.4 Å². The van der Waals surface area contributed by atoms with Gasteiger partial charge in [0.1, 0.15) is 17.6 Å². The zero-order valence-electron chi connectivity index (χ0n) is 22.0. The predicted octanol–water partition coefficient (Wildman–Crippen LogP) is 5.16. The Kier molecular flexibility index (Phi) is 7.53. The van der Waals surface area contributed by atoms with Gasteiger partial charge in [-0.25, -0.2) is 0 Å². The number of amides is 1. The predicted molar refractivity (Wildman–Crippen MR) is 152 cm³/mol. The molecule has 5 rings (SSSR count). The highest BCUT2D eigenvalue weighted by Crippen LogP contribution is 2.44. The van der Waals surface area contributed by atoms with Crippen molar-refractivity contribution in [3.05, 3.63) is 82.1 Å². The molecule has 198 valence electrons. The van der Waals surface area contributed by atoms with Gasteiger partial charge in [-0.15, -0.1) is 11.3 Å². The van der Waals surface area contributed by atoms with Gasteiger partial charge in [-0.2, -0.15) is 0 Å². The Hall–Kier alpha value is -3.62. The van der Waals surface area contributed by atoms with Crippen LogP contribution in [0.1, 0.15) is 30.3 Å². The molecule has 1 aromatic heterocycles. The SMILES string of the molecule is CC(C)COc1ccc(/C(O)=C2/C(=O)C(=O)N(c3ccc(N4CCN(C)CC4)cc3)C2c2cccs2)cc1. The molecule has 0 radical (unpaired) electrons. The largest absolute Gasteiger partial charge is 0.507 e. The minimum atomic E-state index is -0.707. The van der Waals surface area contributed by atoms with E-state index in [-0.39, 0.29) is 11.3 Å². The van der Waals surface area contributed by atoms with Crippen LogP contribution in [0.2, 0.25) is 0 Å². The van der Waals surface area contributed by atoms with E-state index in [0.29, 0.717) is 29.5 Å². The van der Waals surface area contributed by atoms with E-state index < -0.39 is 17.7 Å². The fourth-order valence-electron chi connectivity index (χ4n) is 4.83. The summed E-state index contributed by atoms with van der Waals surface area (Å²) >= 11 is 1.45. The molecule has 0 saturated carbocycles. The third-order valence-corrected chi connectivity index (χ3v) is 7.89. The van der Waals surface area contributed by atoms with Gasteiger partial charge in [0.2, 0.25) is 0 Å². The summed E-state index contributed by atoms with van der Waals surface area (Å²) in [6.45, 7) is 8.61. The Morgan fingerprint density at radius 2 is 1.63 bits per heavy atom. The van der Waals surface area contributed by atoms with E-state index in [1.165, 1.54) is 16.2 Å². The molecule has 3 aromatic rings. The van der Waals surface area contributed by atoms with Crippen molar-refractivity contribution in [2.45, 2.75) is 19.9 Å². The van der Waals surface area contributed by atoms with Crippen LogP contribution in [0.5, 0.6) is 5.75 Å². The molecule has 2 aliphatic heterocycles. The van der Waals surface area contributed by atoms with Crippen LogP contribution in [0.4, 0.5) is 11.4 Å². The van der Waals surface area contributed by atoms with E-state index in [1.807, 2.05) is 41.8 Å². The standard InChI is InChI=1S/C30H33N3O4S/c1-20(2)19-37-24-12-6-21(7-13-24)28(34)26-27(25-5-4-18-38-25)33(30(36)29(26)35)23-10-8-22(9-11-23)32-16-14-31(3)15-17-32/h4-13,18,20,27,34H,14-17,19H2,1-3H3/b28-26-. The molecule has 1 atom stereocenters. The van der Waals surface area contributed by atoms with Crippen molar-refractivity contribution in [2.75, 3.05) is 49.6 Å². The van der Waals surface area contributed by atoms with Gasteiger partial charge in [0.15, 0.2) is 0 Å². The van der Waals surface area contributed by atoms with Gasteiger partial charge in [0.05, 0.1) is 12.2 Å². The van der Waals surface area contributed by atoms with Crippen LogP contribution in [0.3, 0.4) is 0 Å². The molecule has 3 heterocycles. The number of hydrogen-bond donors (Lipinski definition) is 1. The molecule has 0 spiro atoms. The van der Waals surface area contributed by atoms with Gasteiger partial charge in [-0.1, -0.05) is 19.9 Å². The number of hydrogen-bond acceptors (Lipinski definition) is 7. The number of carbonyl (C=O) groups is 2. The average Bonchev–Trinajstić information content (AvgIpc) is 3.55. The molecular formula is C30H33N3O4S. The van der Waals surface area contributed by atoms with E-state index in [0.717, 1.165) is 36.7 Å². The Morgan fingerprint density at radius 1 is 0.974 bits per heavy atom. The quantitative estimate of drug-likeness (QED) is 0.258. The number of aliphatic hydroxyl groups excluding tert-OH is 1. The van der Waals surface area contributed by atoms with Crippen LogP contribution in [0, 0.1) is 5.92 Å². The molecule has 0 bridgehead atoms. The lowest BCUT2D eigenvalue weighted by Crippen LogP contribution is -2.44. The number of likely N-dealkylation sites (N-methyl/N-ethyl adjacent to an activating group) is 1. The average molecular weight is 532 g/mol. The third kappa shape index (κ3) is 5.19. The maximum Gasteiger partial charge on any atom is 0.300 e. The van der Waals surface area contributed by atoms with Crippen LogP contribution in [0.25, 0.3) is 5.76 Å². The van der Waals surface area contributed by atoms with Gasteiger partial charge in [-0.3, -0.25) is 14.5 Å². The van der Waals surface area contributed by atoms with Crippen LogP contribution in [-0.4, -0.2) is 61.5 Å². The molecule has 2 aromatic carbocycles. The lowest BCUT2D eigenvalue weighted by molar-refractivity contribution is -0.132. The van der Waals surface area contributed by atoms with Crippen LogP contribution >= 0.6 is 11.3 Å². The van der Waals surface area contributed by atoms with Crippen LogP contribution in [-0.2, 0) is 9.59 Å². The summed E-state index contributed by atoms with van der Waals surface area (Å²) in [7, 11) is 2.12. The first-order chi connectivity index (χ1) is 18.3. The molecule has 7 nitrogen and oxygen atoms in total. The number of ketones is 1. The van der Waals surface area contributed by atoms with Crippen LogP contribution in [0.15, 0.2) is 71.6 Å². The molecule has 2 aliphatic rings. The maximum absolute atomic E-state index is 13.4. The summed E-state index contributed by atoms with van der Waals surface area (Å²) in [6.07, 6.45) is 0. The summed E-state index contributed by atoms with van der Waals surface area (Å²) in [5.41, 5.74) is 2.27. The second-order valence-corrected chi connectivity index (χ2v) is 11.2. The van der Waals surface area contributed by atoms with Gasteiger partial charge in [0, 0.05) is 48.0 Å². The fraction of sp³-hybridized carbons (Fsp3) is 0.333. The van der Waals surface area contributed by atoms with Gasteiger partial charge in [-0.05, 0) is 72.9 Å². The van der Waals surface area contributed by atoms with Crippen LogP contribution < -0.4 is 14.5 Å². The molecule has 1 N–H and O–H groups in total. The van der Waals surface area contributed by atoms with E-state index >= 15 is 0 Å². The minimum absolute atomic E-state index is 0.0939. The Bertz CT molecular complexity index is 1310. The number of nitrogens with zero attached hydrogens (tertiary/aromatic N) is 3.